The molecule has 0 bridgehead atoms. The van der Waals surface area contributed by atoms with E-state index >= 15 is 0 Å². The van der Waals surface area contributed by atoms with Crippen molar-refractivity contribution in [2.75, 3.05) is 0 Å². The predicted molar refractivity (Wildman–Crippen MR) is 172 cm³/mol. The van der Waals surface area contributed by atoms with Gasteiger partial charge in [0.1, 0.15) is 0 Å². The van der Waals surface area contributed by atoms with Crippen molar-refractivity contribution in [3.63, 3.8) is 0 Å². The first-order valence-electron chi connectivity index (χ1n) is 15.0. The van der Waals surface area contributed by atoms with Crippen LogP contribution in [0.1, 0.15) is 80.8 Å². The fourth-order valence-electron chi connectivity index (χ4n) is 6.96. The van der Waals surface area contributed by atoms with Crippen LogP contribution in [0.2, 0.25) is 0 Å². The maximum atomic E-state index is 3.38. The molecule has 0 unspecified atom stereocenters. The van der Waals surface area contributed by atoms with Crippen LogP contribution in [0.4, 0.5) is 0 Å². The van der Waals surface area contributed by atoms with E-state index in [9.17, 15) is 0 Å². The van der Waals surface area contributed by atoms with Crippen molar-refractivity contribution in [1.82, 2.24) is 0 Å². The van der Waals surface area contributed by atoms with Crippen LogP contribution in [0.15, 0.2) is 97.1 Å². The Hall–Kier alpha value is -1.92. The van der Waals surface area contributed by atoms with Crippen molar-refractivity contribution in [3.05, 3.63) is 122 Å². The van der Waals surface area contributed by atoms with Gasteiger partial charge >= 0.3 is 26.2 Å². The van der Waals surface area contributed by atoms with E-state index < -0.39 is 0 Å². The smallest absolute Gasteiger partial charge is 1.00 e. The zero-order valence-corrected chi connectivity index (χ0v) is 28.4. The first-order valence-corrected chi connectivity index (χ1v) is 15.0. The number of halogens is 2. The molecule has 218 valence electrons. The standard InChI is InChI=1S/2C18H17.C3H6.2ClH.Zr/c2*1-2-6-13(5-1)16-11-15-10-9-14-7-3-4-8-17(14)18(15)12-16;1-3-2;;;/h2*3-4,7-13H,1-2,5-6H2;1-3H2;2*1H;/q2*-1;-2;;;+2/p-2. The van der Waals surface area contributed by atoms with Gasteiger partial charge in [-0.1, -0.05) is 97.1 Å². The molecule has 3 heteroatoms. The van der Waals surface area contributed by atoms with Gasteiger partial charge in [0.15, 0.2) is 0 Å². The quantitative estimate of drug-likeness (QED) is 0.205. The topological polar surface area (TPSA) is 0 Å². The summed E-state index contributed by atoms with van der Waals surface area (Å²) in [5.41, 5.74) is 3.14. The molecular weight excluding hydrogens is 631 g/mol. The molecule has 2 fully saturated rings. The minimum absolute atomic E-state index is 0. The second kappa shape index (κ2) is 16.2. The molecule has 2 saturated carbocycles. The van der Waals surface area contributed by atoms with Gasteiger partial charge in [0.25, 0.3) is 0 Å². The van der Waals surface area contributed by atoms with E-state index in [1.165, 1.54) is 94.5 Å². The number of benzene rings is 4. The number of hydrogen-bond acceptors (Lipinski definition) is 0. The zero-order chi connectivity index (χ0) is 26.6. The van der Waals surface area contributed by atoms with Crippen LogP contribution < -0.4 is 24.8 Å². The minimum Gasteiger partial charge on any atom is -1.00 e. The van der Waals surface area contributed by atoms with Gasteiger partial charge in [-0.25, -0.2) is 0 Å². The van der Waals surface area contributed by atoms with Gasteiger partial charge < -0.3 is 45.1 Å². The van der Waals surface area contributed by atoms with E-state index in [0.29, 0.717) is 0 Å². The third-order valence-corrected chi connectivity index (χ3v) is 8.93. The van der Waals surface area contributed by atoms with Crippen molar-refractivity contribution >= 4 is 43.1 Å². The molecule has 0 aliphatic heterocycles. The average Bonchev–Trinajstić information content (AvgIpc) is 3.79. The molecule has 0 spiro atoms. The van der Waals surface area contributed by atoms with Gasteiger partial charge in [0.2, 0.25) is 0 Å². The zero-order valence-electron chi connectivity index (χ0n) is 24.4. The first-order chi connectivity index (χ1) is 19.2. The van der Waals surface area contributed by atoms with Crippen molar-refractivity contribution in [2.45, 2.75) is 69.6 Å². The fraction of sp³-hybridized carbons (Fsp3) is 0.282. The van der Waals surface area contributed by atoms with Crippen LogP contribution in [0.5, 0.6) is 0 Å². The fourth-order valence-corrected chi connectivity index (χ4v) is 6.96. The summed E-state index contributed by atoms with van der Waals surface area (Å²) in [6.45, 7) is 6.75. The molecule has 6 aromatic rings. The van der Waals surface area contributed by atoms with Gasteiger partial charge in [-0.05, 0) is 48.3 Å². The molecule has 0 N–H and O–H groups in total. The molecule has 0 amide bonds. The summed E-state index contributed by atoms with van der Waals surface area (Å²) in [5, 5.41) is 11.2. The Labute approximate surface area is 283 Å². The normalized spacial score (nSPS) is 14.9. The van der Waals surface area contributed by atoms with Crippen molar-refractivity contribution in [2.24, 2.45) is 0 Å². The monoisotopic (exact) mass is 668 g/mol. The van der Waals surface area contributed by atoms with Gasteiger partial charge in [0.05, 0.1) is 0 Å². The number of fused-ring (bicyclic) bond motifs is 6. The minimum atomic E-state index is 0. The second-order valence-corrected chi connectivity index (χ2v) is 11.5. The average molecular weight is 671 g/mol. The maximum absolute atomic E-state index is 3.38. The summed E-state index contributed by atoms with van der Waals surface area (Å²) in [6.07, 6.45) is 11.9. The summed E-state index contributed by atoms with van der Waals surface area (Å²) in [4.78, 5) is 0. The summed E-state index contributed by atoms with van der Waals surface area (Å²) in [5.74, 6) is 1.63. The first kappa shape index (κ1) is 34.6. The molecular formula is C39H40Cl2Zr-4. The van der Waals surface area contributed by atoms with E-state index in [1.54, 1.807) is 11.1 Å². The van der Waals surface area contributed by atoms with Crippen LogP contribution in [0.3, 0.4) is 0 Å². The SMILES string of the molecule is [CH2-]C[CH2-].[Cl-].[Cl-].[Zr+2].c1ccc2c(c1)ccc1[cH-]c(C3CCCC3)cc12.c1ccc2c(c1)ccc1[cH-]c(C3CCCC3)cc12. The van der Waals surface area contributed by atoms with Gasteiger partial charge in [-0.15, -0.1) is 56.9 Å². The third kappa shape index (κ3) is 7.41. The summed E-state index contributed by atoms with van der Waals surface area (Å²) < 4.78 is 0. The summed E-state index contributed by atoms with van der Waals surface area (Å²) in [7, 11) is 0. The summed E-state index contributed by atoms with van der Waals surface area (Å²) in [6, 6.07) is 36.2. The van der Waals surface area contributed by atoms with Crippen molar-refractivity contribution in [1.29, 1.82) is 0 Å². The second-order valence-electron chi connectivity index (χ2n) is 11.5. The Kier molecular flexibility index (Phi) is 13.4. The van der Waals surface area contributed by atoms with Crippen LogP contribution in [0, 0.1) is 13.8 Å². The Morgan fingerprint density at radius 3 is 1.26 bits per heavy atom. The van der Waals surface area contributed by atoms with Crippen LogP contribution in [-0.4, -0.2) is 0 Å². The maximum Gasteiger partial charge on any atom is 2.00 e. The van der Waals surface area contributed by atoms with Gasteiger partial charge in [-0.3, -0.25) is 0 Å². The molecule has 2 aliphatic rings. The molecule has 0 saturated heterocycles. The molecule has 0 radical (unpaired) electrons. The Morgan fingerprint density at radius 1 is 0.524 bits per heavy atom. The molecule has 0 nitrogen and oxygen atoms in total. The van der Waals surface area contributed by atoms with Gasteiger partial charge in [0, 0.05) is 0 Å². The number of hydrogen-bond donors (Lipinski definition) is 0. The molecule has 0 heterocycles. The Balaban J connectivity index is 0.000000198. The molecule has 42 heavy (non-hydrogen) atoms. The van der Waals surface area contributed by atoms with Crippen LogP contribution >= 0.6 is 0 Å². The molecule has 0 atom stereocenters. The number of rotatable bonds is 2. The molecule has 6 aromatic carbocycles. The van der Waals surface area contributed by atoms with E-state index in [2.05, 4.69) is 111 Å². The van der Waals surface area contributed by atoms with Crippen LogP contribution in [-0.2, 0) is 26.2 Å². The van der Waals surface area contributed by atoms with Gasteiger partial charge in [-0.2, -0.15) is 12.1 Å². The van der Waals surface area contributed by atoms with E-state index in [-0.39, 0.29) is 51.0 Å². The Bertz CT molecular complexity index is 1550. The van der Waals surface area contributed by atoms with Crippen LogP contribution in [0.25, 0.3) is 43.1 Å². The molecule has 8 rings (SSSR count). The van der Waals surface area contributed by atoms with Crippen molar-refractivity contribution < 1.29 is 51.0 Å². The summed E-state index contributed by atoms with van der Waals surface area (Å²) >= 11 is 0. The largest absolute Gasteiger partial charge is 2.00 e. The molecule has 0 aromatic heterocycles. The Morgan fingerprint density at radius 2 is 0.881 bits per heavy atom. The van der Waals surface area contributed by atoms with E-state index in [4.69, 9.17) is 0 Å². The van der Waals surface area contributed by atoms with E-state index in [0.717, 1.165) is 18.3 Å². The van der Waals surface area contributed by atoms with E-state index in [1.807, 2.05) is 0 Å². The predicted octanol–water partition coefficient (Wildman–Crippen LogP) is 5.79. The van der Waals surface area contributed by atoms with Crippen molar-refractivity contribution in [3.8, 4) is 0 Å². The third-order valence-electron chi connectivity index (χ3n) is 8.93. The molecule has 2 aliphatic carbocycles.